The van der Waals surface area contributed by atoms with Crippen molar-refractivity contribution in [1.82, 2.24) is 20.6 Å². The SMILES string of the molecule is CNCC[C@@H](Oc1cccc(-c2ccnc(NC3CCNC3)n2)c1)c1ccccc1. The molecule has 0 saturated carbocycles. The van der Waals surface area contributed by atoms with Crippen molar-refractivity contribution >= 4 is 5.95 Å². The molecule has 0 radical (unpaired) electrons. The van der Waals surface area contributed by atoms with Gasteiger partial charge in [-0.3, -0.25) is 0 Å². The van der Waals surface area contributed by atoms with Gasteiger partial charge in [0.05, 0.1) is 5.69 Å². The zero-order valence-electron chi connectivity index (χ0n) is 17.3. The van der Waals surface area contributed by atoms with Crippen LogP contribution in [0.25, 0.3) is 11.3 Å². The number of hydrogen-bond donors (Lipinski definition) is 3. The summed E-state index contributed by atoms with van der Waals surface area (Å²) in [4.78, 5) is 9.10. The summed E-state index contributed by atoms with van der Waals surface area (Å²) in [5, 5.41) is 9.99. The van der Waals surface area contributed by atoms with Crippen LogP contribution in [-0.2, 0) is 0 Å². The van der Waals surface area contributed by atoms with Gasteiger partial charge in [0.15, 0.2) is 0 Å². The maximum absolute atomic E-state index is 6.40. The maximum atomic E-state index is 6.40. The minimum absolute atomic E-state index is 0.00797. The number of nitrogens with zero attached hydrogens (tertiary/aromatic N) is 2. The zero-order valence-corrected chi connectivity index (χ0v) is 17.3. The first-order valence-corrected chi connectivity index (χ1v) is 10.6. The van der Waals surface area contributed by atoms with Crippen LogP contribution >= 0.6 is 0 Å². The molecule has 2 heterocycles. The molecule has 1 aliphatic heterocycles. The summed E-state index contributed by atoms with van der Waals surface area (Å²) in [6.45, 7) is 2.87. The molecule has 3 N–H and O–H groups in total. The number of aromatic nitrogens is 2. The molecule has 6 nitrogen and oxygen atoms in total. The van der Waals surface area contributed by atoms with Crippen molar-refractivity contribution in [2.75, 3.05) is 32.0 Å². The number of rotatable bonds is 9. The average Bonchev–Trinajstić information content (AvgIpc) is 3.31. The lowest BCUT2D eigenvalue weighted by atomic mass is 10.1. The molecular formula is C24H29N5O. The van der Waals surface area contributed by atoms with Crippen molar-refractivity contribution in [3.63, 3.8) is 0 Å². The third-order valence-corrected chi connectivity index (χ3v) is 5.29. The van der Waals surface area contributed by atoms with Gasteiger partial charge in [0.25, 0.3) is 0 Å². The minimum Gasteiger partial charge on any atom is -0.486 e. The summed E-state index contributed by atoms with van der Waals surface area (Å²) in [6, 6.07) is 20.8. The second-order valence-electron chi connectivity index (χ2n) is 7.54. The molecule has 1 fully saturated rings. The van der Waals surface area contributed by atoms with E-state index in [1.54, 1.807) is 6.20 Å². The third-order valence-electron chi connectivity index (χ3n) is 5.29. The van der Waals surface area contributed by atoms with Gasteiger partial charge >= 0.3 is 0 Å². The number of benzene rings is 2. The summed E-state index contributed by atoms with van der Waals surface area (Å²) in [5.41, 5.74) is 3.08. The normalized spacial score (nSPS) is 16.9. The van der Waals surface area contributed by atoms with E-state index in [0.717, 1.165) is 49.5 Å². The number of nitrogens with one attached hydrogen (secondary N) is 3. The average molecular weight is 404 g/mol. The highest BCUT2D eigenvalue weighted by molar-refractivity contribution is 5.62. The van der Waals surface area contributed by atoms with Crippen LogP contribution in [0.3, 0.4) is 0 Å². The Bertz CT molecular complexity index is 928. The molecule has 0 bridgehead atoms. The first kappa shape index (κ1) is 20.3. The van der Waals surface area contributed by atoms with Gasteiger partial charge in [-0.05, 0) is 50.3 Å². The number of ether oxygens (including phenoxy) is 1. The van der Waals surface area contributed by atoms with Gasteiger partial charge in [0.2, 0.25) is 5.95 Å². The summed E-state index contributed by atoms with van der Waals surface area (Å²) < 4.78 is 6.40. The van der Waals surface area contributed by atoms with Crippen molar-refractivity contribution in [3.05, 3.63) is 72.4 Å². The monoisotopic (exact) mass is 403 g/mol. The predicted molar refractivity (Wildman–Crippen MR) is 121 cm³/mol. The van der Waals surface area contributed by atoms with Gasteiger partial charge < -0.3 is 20.7 Å². The highest BCUT2D eigenvalue weighted by Gasteiger charge is 2.16. The second kappa shape index (κ2) is 10.2. The van der Waals surface area contributed by atoms with Crippen molar-refractivity contribution in [3.8, 4) is 17.0 Å². The molecule has 0 amide bonds. The zero-order chi connectivity index (χ0) is 20.6. The molecule has 2 aromatic carbocycles. The lowest BCUT2D eigenvalue weighted by molar-refractivity contribution is 0.195. The van der Waals surface area contributed by atoms with E-state index in [0.29, 0.717) is 12.0 Å². The van der Waals surface area contributed by atoms with E-state index in [4.69, 9.17) is 9.72 Å². The van der Waals surface area contributed by atoms with E-state index in [9.17, 15) is 0 Å². The summed E-state index contributed by atoms with van der Waals surface area (Å²) in [5.74, 6) is 1.51. The Morgan fingerprint density at radius 2 is 2.03 bits per heavy atom. The van der Waals surface area contributed by atoms with Crippen LogP contribution in [0, 0.1) is 0 Å². The van der Waals surface area contributed by atoms with Crippen LogP contribution in [0.4, 0.5) is 5.95 Å². The van der Waals surface area contributed by atoms with Crippen LogP contribution in [0.2, 0.25) is 0 Å². The molecule has 4 rings (SSSR count). The van der Waals surface area contributed by atoms with Gasteiger partial charge in [-0.2, -0.15) is 0 Å². The van der Waals surface area contributed by atoms with Crippen LogP contribution < -0.4 is 20.7 Å². The molecule has 2 atom stereocenters. The van der Waals surface area contributed by atoms with E-state index >= 15 is 0 Å². The highest BCUT2D eigenvalue weighted by atomic mass is 16.5. The van der Waals surface area contributed by atoms with Crippen LogP contribution in [0.1, 0.15) is 24.5 Å². The molecular weight excluding hydrogens is 374 g/mol. The van der Waals surface area contributed by atoms with Crippen LogP contribution in [0.5, 0.6) is 5.75 Å². The second-order valence-corrected chi connectivity index (χ2v) is 7.54. The maximum Gasteiger partial charge on any atom is 0.223 e. The minimum atomic E-state index is -0.00797. The molecule has 0 spiro atoms. The molecule has 1 aliphatic rings. The summed E-state index contributed by atoms with van der Waals surface area (Å²) in [7, 11) is 1.96. The summed E-state index contributed by atoms with van der Waals surface area (Å²) >= 11 is 0. The van der Waals surface area contributed by atoms with Crippen molar-refractivity contribution in [1.29, 1.82) is 0 Å². The molecule has 1 unspecified atom stereocenters. The van der Waals surface area contributed by atoms with E-state index in [1.165, 1.54) is 5.56 Å². The Morgan fingerprint density at radius 1 is 1.13 bits per heavy atom. The van der Waals surface area contributed by atoms with Crippen molar-refractivity contribution in [2.24, 2.45) is 0 Å². The lowest BCUT2D eigenvalue weighted by Crippen LogP contribution is -2.23. The molecule has 6 heteroatoms. The largest absolute Gasteiger partial charge is 0.486 e. The fourth-order valence-electron chi connectivity index (χ4n) is 3.68. The number of hydrogen-bond acceptors (Lipinski definition) is 6. The van der Waals surface area contributed by atoms with Gasteiger partial charge in [0, 0.05) is 30.8 Å². The van der Waals surface area contributed by atoms with Crippen LogP contribution in [-0.4, -0.2) is 42.7 Å². The highest BCUT2D eigenvalue weighted by Crippen LogP contribution is 2.28. The fourth-order valence-corrected chi connectivity index (χ4v) is 3.68. The van der Waals surface area contributed by atoms with Gasteiger partial charge in [-0.15, -0.1) is 0 Å². The van der Waals surface area contributed by atoms with E-state index in [1.807, 2.05) is 31.3 Å². The fraction of sp³-hybridized carbons (Fsp3) is 0.333. The quantitative estimate of drug-likeness (QED) is 0.507. The Balaban J connectivity index is 1.51. The van der Waals surface area contributed by atoms with Crippen LogP contribution in [0.15, 0.2) is 66.9 Å². The smallest absolute Gasteiger partial charge is 0.223 e. The topological polar surface area (TPSA) is 71.1 Å². The Morgan fingerprint density at radius 3 is 2.83 bits per heavy atom. The molecule has 156 valence electrons. The Hall–Kier alpha value is -2.96. The lowest BCUT2D eigenvalue weighted by Gasteiger charge is -2.20. The summed E-state index contributed by atoms with van der Waals surface area (Å²) in [6.07, 6.45) is 3.78. The molecule has 1 aromatic heterocycles. The standard InChI is InChI=1S/C24H29N5O/c1-25-13-12-23(18-6-3-2-4-7-18)30-21-9-5-8-19(16-21)22-11-15-27-24(29-22)28-20-10-14-26-17-20/h2-9,11,15-16,20,23,25-26H,10,12-14,17H2,1H3,(H,27,28,29)/t20?,23-/m1/s1. The number of anilines is 1. The molecule has 3 aromatic rings. The first-order valence-electron chi connectivity index (χ1n) is 10.6. The molecule has 1 saturated heterocycles. The van der Waals surface area contributed by atoms with Crippen molar-refractivity contribution < 1.29 is 4.74 Å². The Kier molecular flexibility index (Phi) is 6.90. The van der Waals surface area contributed by atoms with E-state index in [-0.39, 0.29) is 6.10 Å². The third kappa shape index (κ3) is 5.34. The van der Waals surface area contributed by atoms with Gasteiger partial charge in [0.1, 0.15) is 11.9 Å². The van der Waals surface area contributed by atoms with E-state index < -0.39 is 0 Å². The Labute approximate surface area is 178 Å². The van der Waals surface area contributed by atoms with E-state index in [2.05, 4.69) is 57.3 Å². The predicted octanol–water partition coefficient (Wildman–Crippen LogP) is 3.65. The van der Waals surface area contributed by atoms with Gasteiger partial charge in [-0.25, -0.2) is 9.97 Å². The first-order chi connectivity index (χ1) is 14.8. The molecule has 30 heavy (non-hydrogen) atoms. The van der Waals surface area contributed by atoms with Gasteiger partial charge in [-0.1, -0.05) is 42.5 Å². The van der Waals surface area contributed by atoms with Crippen molar-refractivity contribution in [2.45, 2.75) is 25.0 Å². The molecule has 0 aliphatic carbocycles.